The van der Waals surface area contributed by atoms with Gasteiger partial charge >= 0.3 is 0 Å². The highest BCUT2D eigenvalue weighted by Crippen LogP contribution is 2.24. The van der Waals surface area contributed by atoms with E-state index in [4.69, 9.17) is 0 Å². The lowest BCUT2D eigenvalue weighted by molar-refractivity contribution is 0.886. The van der Waals surface area contributed by atoms with E-state index in [1.54, 1.807) is 11.3 Å². The minimum atomic E-state index is 0.819. The second-order valence-electron chi connectivity index (χ2n) is 3.62. The molecule has 0 aliphatic carbocycles. The SMILES string of the molecule is Cc1ccccc1CN(C)c1nnc(Br)s1. The Balaban J connectivity index is 2.13. The van der Waals surface area contributed by atoms with E-state index >= 15 is 0 Å². The number of anilines is 1. The maximum atomic E-state index is 4.09. The van der Waals surface area contributed by atoms with Crippen molar-refractivity contribution in [2.45, 2.75) is 13.5 Å². The van der Waals surface area contributed by atoms with Gasteiger partial charge in [0.15, 0.2) is 3.92 Å². The molecule has 0 aliphatic rings. The third kappa shape index (κ3) is 2.59. The van der Waals surface area contributed by atoms with E-state index in [1.807, 2.05) is 7.05 Å². The minimum Gasteiger partial charge on any atom is -0.345 e. The summed E-state index contributed by atoms with van der Waals surface area (Å²) in [7, 11) is 2.03. The number of benzene rings is 1. The molecular weight excluding hydrogens is 286 g/mol. The van der Waals surface area contributed by atoms with Crippen LogP contribution in [0.4, 0.5) is 5.13 Å². The standard InChI is InChI=1S/C11H12BrN3S/c1-8-5-3-4-6-9(8)7-15(2)11-14-13-10(12)16-11/h3-6H,7H2,1-2H3. The van der Waals surface area contributed by atoms with Crippen molar-refractivity contribution in [3.05, 3.63) is 39.3 Å². The van der Waals surface area contributed by atoms with Gasteiger partial charge in [-0.15, -0.1) is 10.2 Å². The van der Waals surface area contributed by atoms with Gasteiger partial charge in [-0.3, -0.25) is 0 Å². The van der Waals surface area contributed by atoms with Gasteiger partial charge in [-0.25, -0.2) is 0 Å². The number of aromatic nitrogens is 2. The molecule has 2 aromatic rings. The lowest BCUT2D eigenvalue weighted by atomic mass is 10.1. The molecule has 0 spiro atoms. The molecule has 0 fully saturated rings. The molecule has 1 heterocycles. The molecule has 84 valence electrons. The predicted molar refractivity (Wildman–Crippen MR) is 70.9 cm³/mol. The number of rotatable bonds is 3. The van der Waals surface area contributed by atoms with Crippen molar-refractivity contribution >= 4 is 32.4 Å². The molecule has 0 saturated heterocycles. The fraction of sp³-hybridized carbons (Fsp3) is 0.273. The summed E-state index contributed by atoms with van der Waals surface area (Å²) in [5.74, 6) is 0. The van der Waals surface area contributed by atoms with Gasteiger partial charge in [0.2, 0.25) is 5.13 Å². The van der Waals surface area contributed by atoms with Crippen molar-refractivity contribution in [3.8, 4) is 0 Å². The van der Waals surface area contributed by atoms with Gasteiger partial charge in [0.05, 0.1) is 0 Å². The van der Waals surface area contributed by atoms with E-state index in [2.05, 4.69) is 62.2 Å². The highest BCUT2D eigenvalue weighted by molar-refractivity contribution is 9.11. The van der Waals surface area contributed by atoms with E-state index in [0.29, 0.717) is 0 Å². The van der Waals surface area contributed by atoms with Gasteiger partial charge in [-0.05, 0) is 34.0 Å². The average Bonchev–Trinajstić information content (AvgIpc) is 2.68. The highest BCUT2D eigenvalue weighted by Gasteiger charge is 2.08. The van der Waals surface area contributed by atoms with Crippen LogP contribution in [0.5, 0.6) is 0 Å². The summed E-state index contributed by atoms with van der Waals surface area (Å²) < 4.78 is 0.819. The fourth-order valence-corrected chi connectivity index (χ4v) is 2.51. The molecule has 0 aliphatic heterocycles. The van der Waals surface area contributed by atoms with Crippen LogP contribution in [0.15, 0.2) is 28.2 Å². The van der Waals surface area contributed by atoms with E-state index in [0.717, 1.165) is 15.6 Å². The first-order valence-electron chi connectivity index (χ1n) is 4.91. The van der Waals surface area contributed by atoms with Crippen LogP contribution in [0.1, 0.15) is 11.1 Å². The summed E-state index contributed by atoms with van der Waals surface area (Å²) >= 11 is 4.86. The van der Waals surface area contributed by atoms with Gasteiger partial charge in [0, 0.05) is 13.6 Å². The number of hydrogen-bond acceptors (Lipinski definition) is 4. The summed E-state index contributed by atoms with van der Waals surface area (Å²) in [5, 5.41) is 8.96. The maximum absolute atomic E-state index is 4.09. The number of hydrogen-bond donors (Lipinski definition) is 0. The highest BCUT2D eigenvalue weighted by atomic mass is 79.9. The Morgan fingerprint density at radius 3 is 2.69 bits per heavy atom. The minimum absolute atomic E-state index is 0.819. The molecule has 0 bridgehead atoms. The summed E-state index contributed by atoms with van der Waals surface area (Å²) in [6.45, 7) is 2.98. The molecule has 0 N–H and O–H groups in total. The number of aryl methyl sites for hydroxylation is 1. The molecular formula is C11H12BrN3S. The first kappa shape index (κ1) is 11.5. The van der Waals surface area contributed by atoms with Crippen LogP contribution >= 0.6 is 27.3 Å². The van der Waals surface area contributed by atoms with Gasteiger partial charge in [-0.2, -0.15) is 0 Å². The van der Waals surface area contributed by atoms with Crippen LogP contribution in [0.3, 0.4) is 0 Å². The third-order valence-electron chi connectivity index (χ3n) is 2.38. The Hall–Kier alpha value is -0.940. The van der Waals surface area contributed by atoms with Crippen molar-refractivity contribution in [1.82, 2.24) is 10.2 Å². The molecule has 1 aromatic heterocycles. The predicted octanol–water partition coefficient (Wildman–Crippen LogP) is 3.25. The summed E-state index contributed by atoms with van der Waals surface area (Å²) in [5.41, 5.74) is 2.62. The molecule has 16 heavy (non-hydrogen) atoms. The lowest BCUT2D eigenvalue weighted by Gasteiger charge is -2.16. The normalized spacial score (nSPS) is 10.4. The largest absolute Gasteiger partial charge is 0.345 e. The average molecular weight is 298 g/mol. The molecule has 1 aromatic carbocycles. The van der Waals surface area contributed by atoms with E-state index in [9.17, 15) is 0 Å². The third-order valence-corrected chi connectivity index (χ3v) is 3.86. The van der Waals surface area contributed by atoms with Crippen molar-refractivity contribution in [1.29, 1.82) is 0 Å². The van der Waals surface area contributed by atoms with Crippen LogP contribution in [0, 0.1) is 6.92 Å². The van der Waals surface area contributed by atoms with E-state index < -0.39 is 0 Å². The Labute approximate surface area is 107 Å². The van der Waals surface area contributed by atoms with Crippen molar-refractivity contribution in [3.63, 3.8) is 0 Å². The van der Waals surface area contributed by atoms with Crippen molar-refractivity contribution in [2.24, 2.45) is 0 Å². The first-order valence-corrected chi connectivity index (χ1v) is 6.52. The first-order chi connectivity index (χ1) is 7.66. The zero-order valence-electron chi connectivity index (χ0n) is 9.14. The Morgan fingerprint density at radius 1 is 1.31 bits per heavy atom. The molecule has 0 amide bonds. The van der Waals surface area contributed by atoms with Crippen LogP contribution in [0.25, 0.3) is 0 Å². The monoisotopic (exact) mass is 297 g/mol. The zero-order chi connectivity index (χ0) is 11.5. The summed E-state index contributed by atoms with van der Waals surface area (Å²) in [6.07, 6.45) is 0. The maximum Gasteiger partial charge on any atom is 0.209 e. The van der Waals surface area contributed by atoms with Crippen LogP contribution < -0.4 is 4.90 Å². The van der Waals surface area contributed by atoms with Gasteiger partial charge < -0.3 is 4.90 Å². The summed E-state index contributed by atoms with van der Waals surface area (Å²) in [6, 6.07) is 8.38. The summed E-state index contributed by atoms with van der Waals surface area (Å²) in [4.78, 5) is 2.10. The smallest absolute Gasteiger partial charge is 0.209 e. The quantitative estimate of drug-likeness (QED) is 0.871. The molecule has 0 saturated carbocycles. The molecule has 2 rings (SSSR count). The molecule has 0 radical (unpaired) electrons. The Morgan fingerprint density at radius 2 is 2.06 bits per heavy atom. The number of nitrogens with zero attached hydrogens (tertiary/aromatic N) is 3. The topological polar surface area (TPSA) is 29.0 Å². The Kier molecular flexibility index (Phi) is 3.56. The van der Waals surface area contributed by atoms with Gasteiger partial charge in [-0.1, -0.05) is 35.6 Å². The molecule has 0 atom stereocenters. The van der Waals surface area contributed by atoms with Crippen LogP contribution in [-0.2, 0) is 6.54 Å². The van der Waals surface area contributed by atoms with E-state index in [1.165, 1.54) is 11.1 Å². The second-order valence-corrected chi connectivity index (χ2v) is 5.85. The van der Waals surface area contributed by atoms with Gasteiger partial charge in [0.1, 0.15) is 0 Å². The van der Waals surface area contributed by atoms with Crippen molar-refractivity contribution in [2.75, 3.05) is 11.9 Å². The van der Waals surface area contributed by atoms with Gasteiger partial charge in [0.25, 0.3) is 0 Å². The number of halogens is 1. The molecule has 0 unspecified atom stereocenters. The van der Waals surface area contributed by atoms with Crippen LogP contribution in [0.2, 0.25) is 0 Å². The van der Waals surface area contributed by atoms with E-state index in [-0.39, 0.29) is 0 Å². The second kappa shape index (κ2) is 4.93. The Bertz CT molecular complexity index is 484. The lowest BCUT2D eigenvalue weighted by Crippen LogP contribution is -2.16. The zero-order valence-corrected chi connectivity index (χ0v) is 11.5. The van der Waals surface area contributed by atoms with Crippen LogP contribution in [-0.4, -0.2) is 17.2 Å². The fourth-order valence-electron chi connectivity index (χ4n) is 1.46. The molecule has 3 nitrogen and oxygen atoms in total. The van der Waals surface area contributed by atoms with Crippen molar-refractivity contribution < 1.29 is 0 Å². The molecule has 5 heteroatoms.